The van der Waals surface area contributed by atoms with Crippen LogP contribution in [-0.4, -0.2) is 30.3 Å². The van der Waals surface area contributed by atoms with Crippen LogP contribution in [0.2, 0.25) is 10.0 Å². The number of rotatable bonds is 5. The van der Waals surface area contributed by atoms with Crippen LogP contribution in [0.15, 0.2) is 48.5 Å². The molecule has 120 valence electrons. The Morgan fingerprint density at radius 3 is 2.35 bits per heavy atom. The molecular weight excluding hydrogens is 335 g/mol. The molecule has 0 heterocycles. The second-order valence-electron chi connectivity index (χ2n) is 5.08. The number of hydrogen-bond donors (Lipinski definition) is 1. The highest BCUT2D eigenvalue weighted by Crippen LogP contribution is 2.20. The van der Waals surface area contributed by atoms with Gasteiger partial charge in [0, 0.05) is 12.1 Å². The minimum atomic E-state index is -0.301. The zero-order valence-corrected chi connectivity index (χ0v) is 14.1. The molecule has 0 aromatic heterocycles. The number of nitrogens with one attached hydrogen (secondary N) is 1. The third-order valence-electron chi connectivity index (χ3n) is 3.22. The third kappa shape index (κ3) is 5.27. The first-order chi connectivity index (χ1) is 11.0. The first-order valence-electron chi connectivity index (χ1n) is 6.98. The van der Waals surface area contributed by atoms with E-state index >= 15 is 0 Å². The molecule has 0 aliphatic heterocycles. The van der Waals surface area contributed by atoms with Gasteiger partial charge in [-0.3, -0.25) is 9.59 Å². The van der Waals surface area contributed by atoms with Gasteiger partial charge in [-0.2, -0.15) is 0 Å². The fourth-order valence-corrected chi connectivity index (χ4v) is 2.28. The molecule has 0 radical (unpaired) electrons. The maximum Gasteiger partial charge on any atom is 0.244 e. The fraction of sp³-hybridized carbons (Fsp3) is 0.176. The quantitative estimate of drug-likeness (QED) is 0.894. The monoisotopic (exact) mass is 350 g/mol. The Morgan fingerprint density at radius 1 is 1.04 bits per heavy atom. The number of amides is 2. The van der Waals surface area contributed by atoms with Crippen molar-refractivity contribution in [2.24, 2.45) is 0 Å². The Morgan fingerprint density at radius 2 is 1.70 bits per heavy atom. The van der Waals surface area contributed by atoms with Crippen LogP contribution in [0.25, 0.3) is 0 Å². The summed E-state index contributed by atoms with van der Waals surface area (Å²) in [5.41, 5.74) is 1.37. The maximum absolute atomic E-state index is 12.1. The Bertz CT molecular complexity index is 702. The Labute approximate surface area is 145 Å². The van der Waals surface area contributed by atoms with Crippen LogP contribution in [0.1, 0.15) is 5.56 Å². The van der Waals surface area contributed by atoms with E-state index in [2.05, 4.69) is 5.32 Å². The van der Waals surface area contributed by atoms with E-state index in [0.717, 1.165) is 5.56 Å². The minimum absolute atomic E-state index is 0.0440. The lowest BCUT2D eigenvalue weighted by Gasteiger charge is -2.17. The van der Waals surface area contributed by atoms with Crippen molar-refractivity contribution >= 4 is 40.7 Å². The van der Waals surface area contributed by atoms with Crippen molar-refractivity contribution in [1.82, 2.24) is 4.90 Å². The molecule has 0 aliphatic rings. The van der Waals surface area contributed by atoms with Gasteiger partial charge in [-0.25, -0.2) is 0 Å². The summed E-state index contributed by atoms with van der Waals surface area (Å²) < 4.78 is 0. The molecule has 0 bridgehead atoms. The van der Waals surface area contributed by atoms with Gasteiger partial charge in [-0.05, 0) is 29.8 Å². The number of halogens is 2. The largest absolute Gasteiger partial charge is 0.336 e. The number of nitrogens with zero attached hydrogens (tertiary/aromatic N) is 1. The van der Waals surface area contributed by atoms with Gasteiger partial charge in [0.25, 0.3) is 0 Å². The molecule has 0 fully saturated rings. The smallest absolute Gasteiger partial charge is 0.244 e. The van der Waals surface area contributed by atoms with Gasteiger partial charge in [-0.1, -0.05) is 47.5 Å². The zero-order chi connectivity index (χ0) is 16.8. The average Bonchev–Trinajstić information content (AvgIpc) is 2.51. The van der Waals surface area contributed by atoms with Gasteiger partial charge >= 0.3 is 0 Å². The van der Waals surface area contributed by atoms with Crippen molar-refractivity contribution in [3.05, 3.63) is 64.1 Å². The first kappa shape index (κ1) is 17.3. The lowest BCUT2D eigenvalue weighted by Crippen LogP contribution is -2.35. The molecule has 2 amide bonds. The number of carbonyl (C=O) groups is 2. The fourth-order valence-electron chi connectivity index (χ4n) is 1.97. The van der Waals surface area contributed by atoms with Crippen LogP contribution in [0.5, 0.6) is 0 Å². The zero-order valence-electron chi connectivity index (χ0n) is 12.6. The van der Waals surface area contributed by atoms with Crippen molar-refractivity contribution in [3.63, 3.8) is 0 Å². The summed E-state index contributed by atoms with van der Waals surface area (Å²) in [5, 5.41) is 3.76. The molecule has 2 aromatic carbocycles. The van der Waals surface area contributed by atoms with E-state index in [0.29, 0.717) is 15.7 Å². The number of para-hydroxylation sites is 1. The minimum Gasteiger partial charge on any atom is -0.336 e. The third-order valence-corrected chi connectivity index (χ3v) is 3.80. The number of anilines is 1. The van der Waals surface area contributed by atoms with Crippen LogP contribution in [0, 0.1) is 0 Å². The summed E-state index contributed by atoms with van der Waals surface area (Å²) in [6, 6.07) is 14.0. The van der Waals surface area contributed by atoms with E-state index in [1.165, 1.54) is 4.90 Å². The van der Waals surface area contributed by atoms with Crippen molar-refractivity contribution in [2.45, 2.75) is 6.42 Å². The molecule has 1 N–H and O–H groups in total. The van der Waals surface area contributed by atoms with E-state index in [1.54, 1.807) is 55.6 Å². The van der Waals surface area contributed by atoms with Crippen molar-refractivity contribution in [2.75, 3.05) is 18.9 Å². The molecular formula is C17H16Cl2N2O2. The molecule has 0 saturated carbocycles. The summed E-state index contributed by atoms with van der Waals surface area (Å²) in [6.07, 6.45) is 0.215. The van der Waals surface area contributed by atoms with Crippen LogP contribution < -0.4 is 5.32 Å². The number of carbonyl (C=O) groups excluding carboxylic acids is 2. The molecule has 0 atom stereocenters. The molecule has 2 aromatic rings. The second kappa shape index (κ2) is 7.99. The second-order valence-corrected chi connectivity index (χ2v) is 5.92. The lowest BCUT2D eigenvalue weighted by molar-refractivity contribution is -0.132. The highest BCUT2D eigenvalue weighted by molar-refractivity contribution is 6.33. The van der Waals surface area contributed by atoms with Gasteiger partial charge < -0.3 is 10.2 Å². The van der Waals surface area contributed by atoms with Crippen LogP contribution >= 0.6 is 23.2 Å². The predicted octanol–water partition coefficient (Wildman–Crippen LogP) is 3.63. The Kier molecular flexibility index (Phi) is 6.02. The highest BCUT2D eigenvalue weighted by Gasteiger charge is 2.14. The van der Waals surface area contributed by atoms with E-state index in [9.17, 15) is 9.59 Å². The molecule has 0 unspecified atom stereocenters. The molecule has 23 heavy (non-hydrogen) atoms. The molecule has 2 rings (SSSR count). The standard InChI is InChI=1S/C17H16Cl2N2O2/c1-21(17(23)10-12-6-8-13(18)9-7-12)11-16(22)20-15-5-3-2-4-14(15)19/h2-9H,10-11H2,1H3,(H,20,22). The topological polar surface area (TPSA) is 49.4 Å². The maximum atomic E-state index is 12.1. The molecule has 4 nitrogen and oxygen atoms in total. The van der Waals surface area contributed by atoms with E-state index in [4.69, 9.17) is 23.2 Å². The van der Waals surface area contributed by atoms with Gasteiger partial charge in [-0.15, -0.1) is 0 Å². The van der Waals surface area contributed by atoms with Gasteiger partial charge in [0.05, 0.1) is 23.7 Å². The highest BCUT2D eigenvalue weighted by atomic mass is 35.5. The summed E-state index contributed by atoms with van der Waals surface area (Å²) >= 11 is 11.8. The summed E-state index contributed by atoms with van der Waals surface area (Å²) in [5.74, 6) is -0.452. The molecule has 0 saturated heterocycles. The molecule has 0 spiro atoms. The van der Waals surface area contributed by atoms with Gasteiger partial charge in [0.1, 0.15) is 0 Å². The van der Waals surface area contributed by atoms with Gasteiger partial charge in [0.2, 0.25) is 11.8 Å². The first-order valence-corrected chi connectivity index (χ1v) is 7.74. The summed E-state index contributed by atoms with van der Waals surface area (Å²) in [4.78, 5) is 25.5. The normalized spacial score (nSPS) is 10.2. The van der Waals surface area contributed by atoms with Crippen molar-refractivity contribution in [3.8, 4) is 0 Å². The van der Waals surface area contributed by atoms with E-state index in [1.807, 2.05) is 0 Å². The summed E-state index contributed by atoms with van der Waals surface area (Å²) in [7, 11) is 1.59. The SMILES string of the molecule is CN(CC(=O)Nc1ccccc1Cl)C(=O)Cc1ccc(Cl)cc1. The van der Waals surface area contributed by atoms with E-state index in [-0.39, 0.29) is 24.8 Å². The van der Waals surface area contributed by atoms with E-state index < -0.39 is 0 Å². The lowest BCUT2D eigenvalue weighted by atomic mass is 10.1. The molecule has 0 aliphatic carbocycles. The van der Waals surface area contributed by atoms with Crippen molar-refractivity contribution < 1.29 is 9.59 Å². The van der Waals surface area contributed by atoms with Crippen molar-refractivity contribution in [1.29, 1.82) is 0 Å². The summed E-state index contributed by atoms with van der Waals surface area (Å²) in [6.45, 7) is -0.0440. The number of likely N-dealkylation sites (N-methyl/N-ethyl adjacent to an activating group) is 1. The van der Waals surface area contributed by atoms with Crippen LogP contribution in [-0.2, 0) is 16.0 Å². The number of benzene rings is 2. The average molecular weight is 351 g/mol. The van der Waals surface area contributed by atoms with Crippen LogP contribution in [0.4, 0.5) is 5.69 Å². The Balaban J connectivity index is 1.89. The van der Waals surface area contributed by atoms with Gasteiger partial charge in [0.15, 0.2) is 0 Å². The Hall–Kier alpha value is -2.04. The predicted molar refractivity (Wildman–Crippen MR) is 92.9 cm³/mol. The molecule has 6 heteroatoms. The van der Waals surface area contributed by atoms with Crippen LogP contribution in [0.3, 0.4) is 0 Å². The number of hydrogen-bond acceptors (Lipinski definition) is 2.